The maximum Gasteiger partial charge on any atom is 0.409 e. The van der Waals surface area contributed by atoms with Crippen LogP contribution in [0, 0.1) is 0 Å². The predicted molar refractivity (Wildman–Crippen MR) is 104 cm³/mol. The van der Waals surface area contributed by atoms with E-state index < -0.39 is 10.0 Å². The summed E-state index contributed by atoms with van der Waals surface area (Å²) in [7, 11) is -2.13. The van der Waals surface area contributed by atoms with Crippen LogP contribution in [-0.2, 0) is 24.3 Å². The smallest absolute Gasteiger partial charge is 0.409 e. The minimum Gasteiger partial charge on any atom is -0.484 e. The van der Waals surface area contributed by atoms with Crippen LogP contribution in [0.5, 0.6) is 5.75 Å². The zero-order chi connectivity index (χ0) is 21.3. The van der Waals surface area contributed by atoms with E-state index in [4.69, 9.17) is 14.2 Å². The summed E-state index contributed by atoms with van der Waals surface area (Å²) in [6, 6.07) is 5.81. The fraction of sp³-hybridized carbons (Fsp3) is 0.556. The van der Waals surface area contributed by atoms with E-state index >= 15 is 0 Å². The first-order valence-electron chi connectivity index (χ1n) is 9.28. The molecule has 0 radical (unpaired) electrons. The Kier molecular flexibility index (Phi) is 8.68. The largest absolute Gasteiger partial charge is 0.484 e. The van der Waals surface area contributed by atoms with E-state index in [-0.39, 0.29) is 36.7 Å². The van der Waals surface area contributed by atoms with Crippen molar-refractivity contribution in [1.82, 2.24) is 14.5 Å². The SMILES string of the molecule is CCOC(=O)N1CCN(C(=O)COc2ccc(S(=O)(=O)NCCOC)cc2)CC1. The summed E-state index contributed by atoms with van der Waals surface area (Å²) in [6.07, 6.45) is -0.373. The van der Waals surface area contributed by atoms with Crippen molar-refractivity contribution in [2.24, 2.45) is 0 Å². The van der Waals surface area contributed by atoms with Crippen LogP contribution < -0.4 is 9.46 Å². The molecule has 2 rings (SSSR count). The van der Waals surface area contributed by atoms with E-state index in [1.165, 1.54) is 31.4 Å². The van der Waals surface area contributed by atoms with Gasteiger partial charge in [0.05, 0.1) is 18.1 Å². The van der Waals surface area contributed by atoms with Crippen LogP contribution >= 0.6 is 0 Å². The second kappa shape index (κ2) is 11.0. The van der Waals surface area contributed by atoms with Gasteiger partial charge >= 0.3 is 6.09 Å². The Bertz CT molecular complexity index is 775. The molecule has 2 amide bonds. The third-order valence-corrected chi connectivity index (χ3v) is 5.73. The lowest BCUT2D eigenvalue weighted by atomic mass is 10.3. The van der Waals surface area contributed by atoms with Crippen LogP contribution in [0.25, 0.3) is 0 Å². The van der Waals surface area contributed by atoms with Crippen molar-refractivity contribution in [3.05, 3.63) is 24.3 Å². The van der Waals surface area contributed by atoms with Crippen molar-refractivity contribution in [2.75, 3.05) is 59.7 Å². The minimum atomic E-state index is -3.62. The third-order valence-electron chi connectivity index (χ3n) is 4.25. The highest BCUT2D eigenvalue weighted by Gasteiger charge is 2.25. The number of ether oxygens (including phenoxy) is 3. The maximum absolute atomic E-state index is 12.3. The molecule has 11 heteroatoms. The molecule has 0 atom stereocenters. The van der Waals surface area contributed by atoms with Crippen molar-refractivity contribution < 1.29 is 32.2 Å². The predicted octanol–water partition coefficient (Wildman–Crippen LogP) is 0.291. The lowest BCUT2D eigenvalue weighted by Gasteiger charge is -2.33. The Morgan fingerprint density at radius 2 is 1.69 bits per heavy atom. The summed E-state index contributed by atoms with van der Waals surface area (Å²) >= 11 is 0. The molecule has 0 aromatic heterocycles. The van der Waals surface area contributed by atoms with Crippen LogP contribution in [0.3, 0.4) is 0 Å². The molecule has 1 saturated heterocycles. The van der Waals surface area contributed by atoms with Crippen LogP contribution in [-0.4, -0.2) is 89.9 Å². The highest BCUT2D eigenvalue weighted by Crippen LogP contribution is 2.16. The van der Waals surface area contributed by atoms with E-state index in [1.807, 2.05) is 0 Å². The van der Waals surface area contributed by atoms with Gasteiger partial charge in [-0.3, -0.25) is 4.79 Å². The molecule has 10 nitrogen and oxygen atoms in total. The van der Waals surface area contributed by atoms with Crippen LogP contribution in [0.4, 0.5) is 4.79 Å². The maximum atomic E-state index is 12.3. The highest BCUT2D eigenvalue weighted by atomic mass is 32.2. The molecule has 1 fully saturated rings. The fourth-order valence-corrected chi connectivity index (χ4v) is 3.68. The van der Waals surface area contributed by atoms with E-state index in [9.17, 15) is 18.0 Å². The molecular formula is C18H27N3O7S. The summed E-state index contributed by atoms with van der Waals surface area (Å²) in [5.41, 5.74) is 0. The van der Waals surface area contributed by atoms with Gasteiger partial charge in [-0.05, 0) is 31.2 Å². The number of nitrogens with zero attached hydrogens (tertiary/aromatic N) is 2. The van der Waals surface area contributed by atoms with Gasteiger partial charge in [-0.15, -0.1) is 0 Å². The zero-order valence-electron chi connectivity index (χ0n) is 16.6. The number of benzene rings is 1. The van der Waals surface area contributed by atoms with E-state index in [0.717, 1.165) is 0 Å². The van der Waals surface area contributed by atoms with Gasteiger partial charge in [-0.25, -0.2) is 17.9 Å². The van der Waals surface area contributed by atoms with Crippen molar-refractivity contribution in [1.29, 1.82) is 0 Å². The van der Waals surface area contributed by atoms with Gasteiger partial charge in [0, 0.05) is 39.8 Å². The van der Waals surface area contributed by atoms with E-state index in [1.54, 1.807) is 16.7 Å². The summed E-state index contributed by atoms with van der Waals surface area (Å²) < 4.78 is 41.9. The molecule has 0 unspecified atom stereocenters. The Labute approximate surface area is 170 Å². The Morgan fingerprint density at radius 3 is 2.28 bits per heavy atom. The molecule has 162 valence electrons. The number of hydrogen-bond acceptors (Lipinski definition) is 7. The molecule has 0 spiro atoms. The first-order valence-corrected chi connectivity index (χ1v) is 10.8. The summed E-state index contributed by atoms with van der Waals surface area (Å²) in [6.45, 7) is 3.98. The average Bonchev–Trinajstić information content (AvgIpc) is 2.72. The molecule has 1 heterocycles. The second-order valence-corrected chi connectivity index (χ2v) is 7.98. The van der Waals surface area contributed by atoms with Crippen LogP contribution in [0.15, 0.2) is 29.2 Å². The van der Waals surface area contributed by atoms with Gasteiger partial charge in [0.1, 0.15) is 5.75 Å². The minimum absolute atomic E-state index is 0.0994. The number of amides is 2. The number of hydrogen-bond donors (Lipinski definition) is 1. The first-order chi connectivity index (χ1) is 13.9. The van der Waals surface area contributed by atoms with Crippen LogP contribution in [0.1, 0.15) is 6.92 Å². The molecule has 1 N–H and O–H groups in total. The Hall–Kier alpha value is -2.37. The number of rotatable bonds is 9. The Balaban J connectivity index is 1.80. The number of carbonyl (C=O) groups excluding carboxylic acids is 2. The van der Waals surface area contributed by atoms with Gasteiger partial charge in [-0.2, -0.15) is 0 Å². The van der Waals surface area contributed by atoms with Crippen molar-refractivity contribution in [2.45, 2.75) is 11.8 Å². The second-order valence-electron chi connectivity index (χ2n) is 6.22. The molecule has 1 aromatic rings. The summed E-state index contributed by atoms with van der Waals surface area (Å²) in [4.78, 5) is 27.3. The normalized spacial score (nSPS) is 14.6. The summed E-state index contributed by atoms with van der Waals surface area (Å²) in [5, 5.41) is 0. The molecule has 1 aliphatic heterocycles. The van der Waals surface area contributed by atoms with Crippen molar-refractivity contribution in [3.8, 4) is 5.75 Å². The topological polar surface area (TPSA) is 114 Å². The van der Waals surface area contributed by atoms with Crippen LogP contribution in [0.2, 0.25) is 0 Å². The van der Waals surface area contributed by atoms with Crippen molar-refractivity contribution >= 4 is 22.0 Å². The molecule has 1 aliphatic rings. The quantitative estimate of drug-likeness (QED) is 0.561. The number of methoxy groups -OCH3 is 1. The monoisotopic (exact) mass is 429 g/mol. The van der Waals surface area contributed by atoms with Gasteiger partial charge in [0.15, 0.2) is 6.61 Å². The van der Waals surface area contributed by atoms with Gasteiger partial charge in [0.2, 0.25) is 10.0 Å². The van der Waals surface area contributed by atoms with Crippen molar-refractivity contribution in [3.63, 3.8) is 0 Å². The number of piperazine rings is 1. The highest BCUT2D eigenvalue weighted by molar-refractivity contribution is 7.89. The van der Waals surface area contributed by atoms with Gasteiger partial charge in [-0.1, -0.05) is 0 Å². The molecular weight excluding hydrogens is 402 g/mol. The number of sulfonamides is 1. The number of nitrogens with one attached hydrogen (secondary N) is 1. The van der Waals surface area contributed by atoms with Gasteiger partial charge < -0.3 is 24.0 Å². The lowest BCUT2D eigenvalue weighted by molar-refractivity contribution is -0.134. The molecule has 0 saturated carbocycles. The molecule has 0 bridgehead atoms. The standard InChI is InChI=1S/C18H27N3O7S/c1-3-27-18(23)21-11-9-20(10-12-21)17(22)14-28-15-4-6-16(7-5-15)29(24,25)19-8-13-26-2/h4-7,19H,3,8-14H2,1-2H3. The Morgan fingerprint density at radius 1 is 1.07 bits per heavy atom. The van der Waals surface area contributed by atoms with E-state index in [2.05, 4.69) is 4.72 Å². The summed E-state index contributed by atoms with van der Waals surface area (Å²) in [5.74, 6) is 0.186. The molecule has 0 aliphatic carbocycles. The molecule has 1 aromatic carbocycles. The zero-order valence-corrected chi connectivity index (χ0v) is 17.4. The molecule has 29 heavy (non-hydrogen) atoms. The third kappa shape index (κ3) is 6.87. The number of carbonyl (C=O) groups is 2. The first kappa shape index (κ1) is 22.9. The van der Waals surface area contributed by atoms with E-state index in [0.29, 0.717) is 38.5 Å². The van der Waals surface area contributed by atoms with Gasteiger partial charge in [0.25, 0.3) is 5.91 Å². The average molecular weight is 429 g/mol. The fourth-order valence-electron chi connectivity index (χ4n) is 2.67. The lowest BCUT2D eigenvalue weighted by Crippen LogP contribution is -2.51.